The Hall–Kier alpha value is -3.29. The fourth-order valence-electron chi connectivity index (χ4n) is 2.98. The maximum atomic E-state index is 12.7. The Morgan fingerprint density at radius 3 is 2.88 bits per heavy atom. The van der Waals surface area contributed by atoms with Crippen LogP contribution in [0.2, 0.25) is 0 Å². The molecule has 0 saturated heterocycles. The first kappa shape index (κ1) is 17.5. The summed E-state index contributed by atoms with van der Waals surface area (Å²) in [4.78, 5) is 16.9. The highest BCUT2D eigenvalue weighted by atomic mass is 16.5. The third-order valence-electron chi connectivity index (χ3n) is 4.07. The van der Waals surface area contributed by atoms with E-state index in [9.17, 15) is 4.79 Å². The van der Waals surface area contributed by atoms with Crippen molar-refractivity contribution in [2.75, 3.05) is 26.1 Å². The zero-order valence-electron chi connectivity index (χ0n) is 14.9. The number of nitrogens with zero attached hydrogens (tertiary/aromatic N) is 3. The van der Waals surface area contributed by atoms with Crippen molar-refractivity contribution in [3.05, 3.63) is 54.0 Å². The molecule has 1 aliphatic rings. The quantitative estimate of drug-likeness (QED) is 0.628. The summed E-state index contributed by atoms with van der Waals surface area (Å²) in [6, 6.07) is 4.91. The third kappa shape index (κ3) is 2.90. The lowest BCUT2D eigenvalue weighted by atomic mass is 9.94. The second kappa shape index (κ2) is 7.30. The van der Waals surface area contributed by atoms with Crippen LogP contribution in [0.4, 0.5) is 5.95 Å². The van der Waals surface area contributed by atoms with Crippen molar-refractivity contribution in [3.63, 3.8) is 0 Å². The van der Waals surface area contributed by atoms with Gasteiger partial charge in [0.1, 0.15) is 19.0 Å². The van der Waals surface area contributed by atoms with Crippen LogP contribution in [-0.4, -0.2) is 41.6 Å². The van der Waals surface area contributed by atoms with Gasteiger partial charge in [-0.05, 0) is 13.0 Å². The maximum Gasteiger partial charge on any atom is 0.338 e. The summed E-state index contributed by atoms with van der Waals surface area (Å²) in [7, 11) is 3.11. The van der Waals surface area contributed by atoms with Crippen molar-refractivity contribution in [3.8, 4) is 11.5 Å². The number of carbonyl (C=O) groups excluding carboxylic acids is 1. The molecular weight excluding hydrogens is 336 g/mol. The number of benzene rings is 1. The number of esters is 1. The number of hydrogen-bond donors (Lipinski definition) is 1. The molecule has 0 amide bonds. The van der Waals surface area contributed by atoms with E-state index >= 15 is 0 Å². The number of rotatable bonds is 6. The number of nitrogens with one attached hydrogen (secondary N) is 1. The van der Waals surface area contributed by atoms with E-state index < -0.39 is 12.0 Å². The molecule has 8 heteroatoms. The van der Waals surface area contributed by atoms with Gasteiger partial charge in [0.2, 0.25) is 5.95 Å². The summed E-state index contributed by atoms with van der Waals surface area (Å²) in [5.74, 6) is 1.13. The predicted octanol–water partition coefficient (Wildman–Crippen LogP) is 2.31. The molecule has 1 aromatic heterocycles. The second-order valence-electron chi connectivity index (χ2n) is 5.56. The average molecular weight is 356 g/mol. The van der Waals surface area contributed by atoms with Crippen LogP contribution in [0.15, 0.2) is 48.5 Å². The number of ether oxygens (including phenoxy) is 3. The summed E-state index contributed by atoms with van der Waals surface area (Å²) >= 11 is 0. The summed E-state index contributed by atoms with van der Waals surface area (Å²) < 4.78 is 17.9. The molecule has 1 N–H and O–H groups in total. The van der Waals surface area contributed by atoms with Crippen molar-refractivity contribution in [1.29, 1.82) is 0 Å². The molecule has 1 atom stereocenters. The Morgan fingerprint density at radius 2 is 2.19 bits per heavy atom. The SMILES string of the molecule is C=CCOC(=O)C1=C(C)Nc2ncnn2[C@H]1c1cccc(OC)c1OC. The van der Waals surface area contributed by atoms with Crippen molar-refractivity contribution >= 4 is 11.9 Å². The van der Waals surface area contributed by atoms with Crippen molar-refractivity contribution < 1.29 is 19.0 Å². The molecule has 0 unspecified atom stereocenters. The number of allylic oxidation sites excluding steroid dienone is 1. The molecule has 1 aromatic carbocycles. The molecule has 1 aliphatic heterocycles. The normalized spacial score (nSPS) is 15.7. The van der Waals surface area contributed by atoms with Crippen molar-refractivity contribution in [1.82, 2.24) is 14.8 Å². The van der Waals surface area contributed by atoms with E-state index in [-0.39, 0.29) is 6.61 Å². The number of methoxy groups -OCH3 is 2. The highest BCUT2D eigenvalue weighted by Crippen LogP contribution is 2.42. The summed E-state index contributed by atoms with van der Waals surface area (Å²) in [6.45, 7) is 5.49. The zero-order valence-corrected chi connectivity index (χ0v) is 14.9. The number of para-hydroxylation sites is 1. The van der Waals surface area contributed by atoms with E-state index in [1.54, 1.807) is 31.9 Å². The molecule has 0 saturated carbocycles. The van der Waals surface area contributed by atoms with Crippen LogP contribution < -0.4 is 14.8 Å². The fraction of sp³-hybridized carbons (Fsp3) is 0.278. The Morgan fingerprint density at radius 1 is 1.38 bits per heavy atom. The summed E-state index contributed by atoms with van der Waals surface area (Å²) in [5, 5.41) is 7.36. The lowest BCUT2D eigenvalue weighted by Crippen LogP contribution is -2.30. The van der Waals surface area contributed by atoms with Crippen LogP contribution in [0, 0.1) is 0 Å². The molecule has 0 radical (unpaired) electrons. The van der Waals surface area contributed by atoms with Crippen molar-refractivity contribution in [2.45, 2.75) is 13.0 Å². The Bertz CT molecular complexity index is 872. The second-order valence-corrected chi connectivity index (χ2v) is 5.56. The van der Waals surface area contributed by atoms with Gasteiger partial charge >= 0.3 is 5.97 Å². The average Bonchev–Trinajstić information content (AvgIpc) is 3.12. The van der Waals surface area contributed by atoms with E-state index in [2.05, 4.69) is 22.0 Å². The van der Waals surface area contributed by atoms with Crippen LogP contribution >= 0.6 is 0 Å². The largest absolute Gasteiger partial charge is 0.493 e. The maximum absolute atomic E-state index is 12.7. The van der Waals surface area contributed by atoms with Crippen LogP contribution in [0.5, 0.6) is 11.5 Å². The topological polar surface area (TPSA) is 87.5 Å². The van der Waals surface area contributed by atoms with Crippen LogP contribution in [-0.2, 0) is 9.53 Å². The van der Waals surface area contributed by atoms with Crippen molar-refractivity contribution in [2.24, 2.45) is 0 Å². The molecular formula is C18H20N4O4. The van der Waals surface area contributed by atoms with Gasteiger partial charge in [-0.1, -0.05) is 24.8 Å². The first-order valence-corrected chi connectivity index (χ1v) is 7.98. The Labute approximate surface area is 151 Å². The Kier molecular flexibility index (Phi) is 4.92. The molecule has 3 rings (SSSR count). The standard InChI is InChI=1S/C18H20N4O4/c1-5-9-26-17(23)14-11(2)21-18-19-10-20-22(18)15(14)12-7-6-8-13(24-3)16(12)25-4/h5-8,10,15H,1,9H2,2-4H3,(H,19,20,21)/t15-/m0/s1. The van der Waals surface area contributed by atoms with E-state index in [1.165, 1.54) is 12.4 Å². The third-order valence-corrected chi connectivity index (χ3v) is 4.07. The summed E-state index contributed by atoms with van der Waals surface area (Å²) in [5.41, 5.74) is 1.76. The lowest BCUT2D eigenvalue weighted by molar-refractivity contribution is -0.138. The van der Waals surface area contributed by atoms with Gasteiger partial charge in [-0.3, -0.25) is 0 Å². The first-order valence-electron chi connectivity index (χ1n) is 7.98. The van der Waals surface area contributed by atoms with Crippen LogP contribution in [0.25, 0.3) is 0 Å². The van der Waals surface area contributed by atoms with Gasteiger partial charge in [-0.15, -0.1) is 0 Å². The highest BCUT2D eigenvalue weighted by Gasteiger charge is 2.36. The molecule has 2 heterocycles. The number of aromatic nitrogens is 3. The minimum atomic E-state index is -0.573. The van der Waals surface area contributed by atoms with Gasteiger partial charge in [-0.25, -0.2) is 9.48 Å². The molecule has 2 aromatic rings. The number of fused-ring (bicyclic) bond motifs is 1. The molecule has 0 fully saturated rings. The smallest absolute Gasteiger partial charge is 0.338 e. The van der Waals surface area contributed by atoms with E-state index in [1.807, 2.05) is 12.1 Å². The first-order chi connectivity index (χ1) is 12.6. The molecule has 0 spiro atoms. The van der Waals surface area contributed by atoms with E-state index in [0.29, 0.717) is 34.3 Å². The predicted molar refractivity (Wildman–Crippen MR) is 95.2 cm³/mol. The number of carbonyl (C=O) groups is 1. The fourth-order valence-corrected chi connectivity index (χ4v) is 2.98. The minimum Gasteiger partial charge on any atom is -0.493 e. The minimum absolute atomic E-state index is 0.113. The van der Waals surface area contributed by atoms with E-state index in [4.69, 9.17) is 14.2 Å². The van der Waals surface area contributed by atoms with Gasteiger partial charge in [0.25, 0.3) is 0 Å². The molecule has 136 valence electrons. The summed E-state index contributed by atoms with van der Waals surface area (Å²) in [6.07, 6.45) is 2.94. The Balaban J connectivity index is 2.19. The van der Waals surface area contributed by atoms with Gasteiger partial charge in [0.15, 0.2) is 11.5 Å². The van der Waals surface area contributed by atoms with Crippen LogP contribution in [0.3, 0.4) is 0 Å². The zero-order chi connectivity index (χ0) is 18.7. The van der Waals surface area contributed by atoms with Crippen LogP contribution in [0.1, 0.15) is 18.5 Å². The molecule has 26 heavy (non-hydrogen) atoms. The molecule has 0 aliphatic carbocycles. The lowest BCUT2D eigenvalue weighted by Gasteiger charge is -2.29. The van der Waals surface area contributed by atoms with Gasteiger partial charge < -0.3 is 19.5 Å². The monoisotopic (exact) mass is 356 g/mol. The van der Waals surface area contributed by atoms with E-state index in [0.717, 1.165) is 0 Å². The highest BCUT2D eigenvalue weighted by molar-refractivity contribution is 5.92. The number of hydrogen-bond acceptors (Lipinski definition) is 7. The van der Waals surface area contributed by atoms with Gasteiger partial charge in [0.05, 0.1) is 19.8 Å². The molecule has 0 bridgehead atoms. The number of anilines is 1. The van der Waals surface area contributed by atoms with Gasteiger partial charge in [-0.2, -0.15) is 10.1 Å². The molecule has 8 nitrogen and oxygen atoms in total. The van der Waals surface area contributed by atoms with Gasteiger partial charge in [0, 0.05) is 11.3 Å².